The molecule has 1 aliphatic rings. The lowest BCUT2D eigenvalue weighted by Gasteiger charge is -2.16. The van der Waals surface area contributed by atoms with Crippen molar-refractivity contribution in [1.82, 2.24) is 0 Å². The molecule has 1 aliphatic heterocycles. The van der Waals surface area contributed by atoms with Crippen LogP contribution in [0.4, 0.5) is 11.4 Å². The molecular weight excluding hydrogens is 360 g/mol. The van der Waals surface area contributed by atoms with Crippen molar-refractivity contribution in [2.24, 2.45) is 5.92 Å². The summed E-state index contributed by atoms with van der Waals surface area (Å²) in [6, 6.07) is 16.1. The quantitative estimate of drug-likeness (QED) is 0.744. The Morgan fingerprint density at radius 3 is 2.50 bits per heavy atom. The molecule has 0 bridgehead atoms. The molecule has 1 fully saturated rings. The van der Waals surface area contributed by atoms with Crippen molar-refractivity contribution >= 4 is 29.2 Å². The van der Waals surface area contributed by atoms with Crippen molar-refractivity contribution in [2.75, 3.05) is 30.0 Å². The lowest BCUT2D eigenvalue weighted by Crippen LogP contribution is -2.28. The van der Waals surface area contributed by atoms with E-state index in [9.17, 15) is 14.4 Å². The van der Waals surface area contributed by atoms with Gasteiger partial charge >= 0.3 is 5.97 Å². The van der Waals surface area contributed by atoms with Gasteiger partial charge in [-0.15, -0.1) is 0 Å². The first-order valence-electron chi connectivity index (χ1n) is 9.11. The van der Waals surface area contributed by atoms with E-state index in [-0.39, 0.29) is 18.9 Å². The molecule has 1 heterocycles. The average Bonchev–Trinajstić information content (AvgIpc) is 3.10. The van der Waals surface area contributed by atoms with Crippen molar-refractivity contribution in [2.45, 2.75) is 13.3 Å². The van der Waals surface area contributed by atoms with Crippen LogP contribution in [0, 0.1) is 5.92 Å². The Morgan fingerprint density at radius 1 is 1.11 bits per heavy atom. The number of rotatable bonds is 7. The number of para-hydroxylation sites is 1. The number of ether oxygens (including phenoxy) is 2. The van der Waals surface area contributed by atoms with Gasteiger partial charge < -0.3 is 19.7 Å². The predicted molar refractivity (Wildman–Crippen MR) is 104 cm³/mol. The molecule has 0 spiro atoms. The molecule has 7 heteroatoms. The number of esters is 1. The molecule has 7 nitrogen and oxygen atoms in total. The highest BCUT2D eigenvalue weighted by Crippen LogP contribution is 2.25. The topological polar surface area (TPSA) is 84.9 Å². The molecule has 3 rings (SSSR count). The van der Waals surface area contributed by atoms with Gasteiger partial charge in [-0.2, -0.15) is 0 Å². The molecule has 1 unspecified atom stereocenters. The third kappa shape index (κ3) is 4.88. The van der Waals surface area contributed by atoms with Gasteiger partial charge in [0.2, 0.25) is 5.91 Å². The van der Waals surface area contributed by atoms with Gasteiger partial charge in [0, 0.05) is 24.3 Å². The van der Waals surface area contributed by atoms with E-state index in [0.717, 1.165) is 5.69 Å². The van der Waals surface area contributed by atoms with Crippen LogP contribution >= 0.6 is 0 Å². The summed E-state index contributed by atoms with van der Waals surface area (Å²) in [6.45, 7) is 2.30. The lowest BCUT2D eigenvalue weighted by molar-refractivity contribution is -0.151. The van der Waals surface area contributed by atoms with Crippen LogP contribution in [0.1, 0.15) is 13.3 Å². The highest BCUT2D eigenvalue weighted by atomic mass is 16.5. The molecule has 0 radical (unpaired) electrons. The highest BCUT2D eigenvalue weighted by Gasteiger charge is 2.36. The van der Waals surface area contributed by atoms with Gasteiger partial charge in [0.05, 0.1) is 12.5 Å². The summed E-state index contributed by atoms with van der Waals surface area (Å²) in [6.07, 6.45) is 0.0776. The van der Waals surface area contributed by atoms with Crippen LogP contribution in [0.3, 0.4) is 0 Å². The van der Waals surface area contributed by atoms with Gasteiger partial charge in [0.1, 0.15) is 5.75 Å². The summed E-state index contributed by atoms with van der Waals surface area (Å²) in [4.78, 5) is 38.0. The summed E-state index contributed by atoms with van der Waals surface area (Å²) in [5.74, 6) is -0.992. The maximum atomic E-state index is 12.2. The number of nitrogens with one attached hydrogen (secondary N) is 1. The number of benzene rings is 2. The molecular formula is C21H22N2O5. The van der Waals surface area contributed by atoms with E-state index >= 15 is 0 Å². The number of hydrogen-bond donors (Lipinski definition) is 1. The van der Waals surface area contributed by atoms with Gasteiger partial charge in [-0.25, -0.2) is 0 Å². The average molecular weight is 382 g/mol. The molecule has 0 aliphatic carbocycles. The first-order valence-corrected chi connectivity index (χ1v) is 9.11. The van der Waals surface area contributed by atoms with Crippen molar-refractivity contribution in [3.8, 4) is 5.75 Å². The summed E-state index contributed by atoms with van der Waals surface area (Å²) < 4.78 is 10.4. The van der Waals surface area contributed by atoms with Crippen molar-refractivity contribution < 1.29 is 23.9 Å². The normalized spacial score (nSPS) is 16.0. The first kappa shape index (κ1) is 19.4. The van der Waals surface area contributed by atoms with E-state index < -0.39 is 24.4 Å². The fourth-order valence-electron chi connectivity index (χ4n) is 2.98. The number of amides is 2. The smallest absolute Gasteiger partial charge is 0.311 e. The summed E-state index contributed by atoms with van der Waals surface area (Å²) >= 11 is 0. The zero-order chi connectivity index (χ0) is 19.9. The maximum absolute atomic E-state index is 12.2. The second kappa shape index (κ2) is 9.03. The van der Waals surface area contributed by atoms with Gasteiger partial charge in [-0.05, 0) is 43.3 Å². The van der Waals surface area contributed by atoms with Gasteiger partial charge in [-0.3, -0.25) is 14.4 Å². The molecule has 28 heavy (non-hydrogen) atoms. The van der Waals surface area contributed by atoms with E-state index in [1.807, 2.05) is 37.3 Å². The van der Waals surface area contributed by atoms with Crippen LogP contribution in [0.25, 0.3) is 0 Å². The predicted octanol–water partition coefficient (Wildman–Crippen LogP) is 2.62. The van der Waals surface area contributed by atoms with Crippen LogP contribution in [0.2, 0.25) is 0 Å². The summed E-state index contributed by atoms with van der Waals surface area (Å²) in [5, 5.41) is 2.65. The molecule has 0 aromatic heterocycles. The van der Waals surface area contributed by atoms with E-state index in [2.05, 4.69) is 5.32 Å². The monoisotopic (exact) mass is 382 g/mol. The first-order chi connectivity index (χ1) is 13.6. The molecule has 1 saturated heterocycles. The standard InChI is InChI=1S/C21H22N2O5/c1-2-27-18-10-8-16(9-11-18)22-19(24)14-28-21(26)15-12-20(25)23(13-15)17-6-4-3-5-7-17/h3-11,15H,2,12-14H2,1H3,(H,22,24). The van der Waals surface area contributed by atoms with Crippen molar-refractivity contribution in [3.63, 3.8) is 0 Å². The Balaban J connectivity index is 1.47. The zero-order valence-electron chi connectivity index (χ0n) is 15.6. The second-order valence-corrected chi connectivity index (χ2v) is 6.35. The molecule has 0 saturated carbocycles. The fourth-order valence-corrected chi connectivity index (χ4v) is 2.98. The molecule has 1 atom stereocenters. The highest BCUT2D eigenvalue weighted by molar-refractivity contribution is 6.00. The number of hydrogen-bond acceptors (Lipinski definition) is 5. The Labute approximate surface area is 163 Å². The van der Waals surface area contributed by atoms with Crippen molar-refractivity contribution in [3.05, 3.63) is 54.6 Å². The molecule has 1 N–H and O–H groups in total. The van der Waals surface area contributed by atoms with Gasteiger partial charge in [-0.1, -0.05) is 18.2 Å². The van der Waals surface area contributed by atoms with Crippen LogP contribution < -0.4 is 15.0 Å². The lowest BCUT2D eigenvalue weighted by atomic mass is 10.1. The second-order valence-electron chi connectivity index (χ2n) is 6.35. The largest absolute Gasteiger partial charge is 0.494 e. The Morgan fingerprint density at radius 2 is 1.82 bits per heavy atom. The maximum Gasteiger partial charge on any atom is 0.311 e. The Bertz CT molecular complexity index is 836. The van der Waals surface area contributed by atoms with E-state index in [4.69, 9.17) is 9.47 Å². The van der Waals surface area contributed by atoms with E-state index in [1.54, 1.807) is 29.2 Å². The molecule has 2 amide bonds. The Kier molecular flexibility index (Phi) is 6.26. The number of carbonyl (C=O) groups is 3. The number of nitrogens with zero attached hydrogens (tertiary/aromatic N) is 1. The molecule has 146 valence electrons. The van der Waals surface area contributed by atoms with Gasteiger partial charge in [0.25, 0.3) is 5.91 Å². The minimum Gasteiger partial charge on any atom is -0.494 e. The van der Waals surface area contributed by atoms with Gasteiger partial charge in [0.15, 0.2) is 6.61 Å². The summed E-state index contributed by atoms with van der Waals surface area (Å²) in [5.41, 5.74) is 1.33. The van der Waals surface area contributed by atoms with Crippen molar-refractivity contribution in [1.29, 1.82) is 0 Å². The minimum atomic E-state index is -0.578. The summed E-state index contributed by atoms with van der Waals surface area (Å²) in [7, 11) is 0. The zero-order valence-corrected chi connectivity index (χ0v) is 15.6. The third-order valence-corrected chi connectivity index (χ3v) is 4.32. The minimum absolute atomic E-state index is 0.0776. The van der Waals surface area contributed by atoms with Crippen LogP contribution in [0.5, 0.6) is 5.75 Å². The van der Waals surface area contributed by atoms with Crippen LogP contribution in [-0.4, -0.2) is 37.5 Å². The SMILES string of the molecule is CCOc1ccc(NC(=O)COC(=O)C2CC(=O)N(c3ccccc3)C2)cc1. The fraction of sp³-hybridized carbons (Fsp3) is 0.286. The van der Waals surface area contributed by atoms with Crippen LogP contribution in [0.15, 0.2) is 54.6 Å². The number of anilines is 2. The molecule has 2 aromatic rings. The van der Waals surface area contributed by atoms with Crippen LogP contribution in [-0.2, 0) is 19.1 Å². The Hall–Kier alpha value is -3.35. The molecule has 2 aromatic carbocycles. The number of carbonyl (C=O) groups excluding carboxylic acids is 3. The van der Waals surface area contributed by atoms with E-state index in [0.29, 0.717) is 18.0 Å². The van der Waals surface area contributed by atoms with E-state index in [1.165, 1.54) is 0 Å². The third-order valence-electron chi connectivity index (χ3n) is 4.32.